The summed E-state index contributed by atoms with van der Waals surface area (Å²) in [6.45, 7) is 8.37. The van der Waals surface area contributed by atoms with Gasteiger partial charge >= 0.3 is 0 Å². The summed E-state index contributed by atoms with van der Waals surface area (Å²) in [7, 11) is 0. The third-order valence-electron chi connectivity index (χ3n) is 2.88. The van der Waals surface area contributed by atoms with Crippen LogP contribution in [0.4, 0.5) is 10.3 Å². The molecule has 0 atom stereocenters. The summed E-state index contributed by atoms with van der Waals surface area (Å²) in [6.07, 6.45) is 0. The first-order chi connectivity index (χ1) is 9.01. The highest BCUT2D eigenvalue weighted by molar-refractivity contribution is 5.66. The summed E-state index contributed by atoms with van der Waals surface area (Å²) in [6, 6.07) is 5.30. The van der Waals surface area contributed by atoms with Crippen LogP contribution in [0.5, 0.6) is 0 Å². The van der Waals surface area contributed by atoms with Gasteiger partial charge in [0.2, 0.25) is 5.95 Å². The lowest BCUT2D eigenvalue weighted by Gasteiger charge is -2.11. The van der Waals surface area contributed by atoms with Gasteiger partial charge in [0.25, 0.3) is 0 Å². The molecule has 0 saturated carbocycles. The number of aryl methyl sites for hydroxylation is 3. The van der Waals surface area contributed by atoms with Crippen molar-refractivity contribution in [2.45, 2.75) is 27.7 Å². The van der Waals surface area contributed by atoms with Gasteiger partial charge in [0.1, 0.15) is 5.82 Å². The van der Waals surface area contributed by atoms with E-state index >= 15 is 0 Å². The molecule has 19 heavy (non-hydrogen) atoms. The fraction of sp³-hybridized carbons (Fsp3) is 0.333. The highest BCUT2D eigenvalue weighted by atomic mass is 19.1. The van der Waals surface area contributed by atoms with Gasteiger partial charge in [0, 0.05) is 17.8 Å². The molecule has 2 aromatic rings. The van der Waals surface area contributed by atoms with E-state index in [-0.39, 0.29) is 5.82 Å². The predicted octanol–water partition coefficient (Wildman–Crippen LogP) is 3.64. The highest BCUT2D eigenvalue weighted by Crippen LogP contribution is 2.27. The Balaban J connectivity index is 2.58. The van der Waals surface area contributed by atoms with Crippen molar-refractivity contribution in [3.8, 4) is 11.3 Å². The van der Waals surface area contributed by atoms with Gasteiger partial charge in [0.05, 0.1) is 5.69 Å². The zero-order chi connectivity index (χ0) is 14.0. The Morgan fingerprint density at radius 2 is 1.84 bits per heavy atom. The zero-order valence-electron chi connectivity index (χ0n) is 11.7. The maximum atomic E-state index is 14.2. The van der Waals surface area contributed by atoms with Gasteiger partial charge in [-0.05, 0) is 51.0 Å². The van der Waals surface area contributed by atoms with Crippen molar-refractivity contribution in [3.63, 3.8) is 0 Å². The third-order valence-corrected chi connectivity index (χ3v) is 2.88. The molecule has 0 aliphatic heterocycles. The number of hydrogen-bond donors (Lipinski definition) is 1. The monoisotopic (exact) mass is 259 g/mol. The lowest BCUT2D eigenvalue weighted by molar-refractivity contribution is 0.628. The van der Waals surface area contributed by atoms with Crippen molar-refractivity contribution >= 4 is 5.95 Å². The van der Waals surface area contributed by atoms with Crippen LogP contribution < -0.4 is 5.32 Å². The summed E-state index contributed by atoms with van der Waals surface area (Å²) >= 11 is 0. The van der Waals surface area contributed by atoms with Crippen LogP contribution in [0.2, 0.25) is 0 Å². The third kappa shape index (κ3) is 2.89. The largest absolute Gasteiger partial charge is 0.354 e. The molecule has 0 bridgehead atoms. The molecular formula is C15H18FN3. The second-order valence-electron chi connectivity index (χ2n) is 4.69. The van der Waals surface area contributed by atoms with Crippen LogP contribution in [0.15, 0.2) is 18.2 Å². The SMILES string of the molecule is CCNc1nc(C)cc(-c2c(C)cc(C)cc2F)n1. The van der Waals surface area contributed by atoms with Crippen molar-refractivity contribution in [3.05, 3.63) is 40.8 Å². The Hall–Kier alpha value is -1.97. The Bertz CT molecular complexity index is 585. The molecule has 0 aliphatic carbocycles. The van der Waals surface area contributed by atoms with E-state index in [1.165, 1.54) is 6.07 Å². The van der Waals surface area contributed by atoms with Gasteiger partial charge in [0.15, 0.2) is 0 Å². The number of anilines is 1. The number of nitrogens with zero attached hydrogens (tertiary/aromatic N) is 2. The predicted molar refractivity (Wildman–Crippen MR) is 75.8 cm³/mol. The van der Waals surface area contributed by atoms with Crippen LogP contribution in [0, 0.1) is 26.6 Å². The summed E-state index contributed by atoms with van der Waals surface area (Å²) in [5.74, 6) is 0.301. The molecule has 0 spiro atoms. The van der Waals surface area contributed by atoms with E-state index in [9.17, 15) is 4.39 Å². The van der Waals surface area contributed by atoms with Crippen LogP contribution in [0.25, 0.3) is 11.3 Å². The molecule has 4 heteroatoms. The van der Waals surface area contributed by atoms with Crippen LogP contribution in [0.1, 0.15) is 23.7 Å². The Kier molecular flexibility index (Phi) is 3.79. The lowest BCUT2D eigenvalue weighted by Crippen LogP contribution is -2.05. The summed E-state index contributed by atoms with van der Waals surface area (Å²) in [5.41, 5.74) is 3.79. The number of rotatable bonds is 3. The Labute approximate surface area is 112 Å². The summed E-state index contributed by atoms with van der Waals surface area (Å²) in [5, 5.41) is 3.06. The maximum Gasteiger partial charge on any atom is 0.223 e. The molecule has 1 aromatic carbocycles. The second-order valence-corrected chi connectivity index (χ2v) is 4.69. The molecule has 1 heterocycles. The van der Waals surface area contributed by atoms with Gasteiger partial charge in [-0.1, -0.05) is 6.07 Å². The lowest BCUT2D eigenvalue weighted by atomic mass is 10.0. The first-order valence-electron chi connectivity index (χ1n) is 6.38. The highest BCUT2D eigenvalue weighted by Gasteiger charge is 2.12. The smallest absolute Gasteiger partial charge is 0.223 e. The molecule has 0 amide bonds. The van der Waals surface area contributed by atoms with Crippen LogP contribution in [0.3, 0.4) is 0 Å². The molecule has 0 unspecified atom stereocenters. The summed E-state index contributed by atoms with van der Waals surface area (Å²) < 4.78 is 14.2. The van der Waals surface area contributed by atoms with E-state index in [0.29, 0.717) is 17.2 Å². The quantitative estimate of drug-likeness (QED) is 0.914. The number of aromatic nitrogens is 2. The van der Waals surface area contributed by atoms with Crippen molar-refractivity contribution in [1.82, 2.24) is 9.97 Å². The van der Waals surface area contributed by atoms with Crippen molar-refractivity contribution in [1.29, 1.82) is 0 Å². The first kappa shape index (κ1) is 13.5. The maximum absolute atomic E-state index is 14.2. The average Bonchev–Trinajstić information content (AvgIpc) is 2.26. The molecular weight excluding hydrogens is 241 g/mol. The van der Waals surface area contributed by atoms with E-state index in [2.05, 4.69) is 15.3 Å². The van der Waals surface area contributed by atoms with Crippen molar-refractivity contribution in [2.75, 3.05) is 11.9 Å². The minimum absolute atomic E-state index is 0.238. The van der Waals surface area contributed by atoms with Crippen LogP contribution in [-0.2, 0) is 0 Å². The fourth-order valence-corrected chi connectivity index (χ4v) is 2.17. The molecule has 2 rings (SSSR count). The van der Waals surface area contributed by atoms with Crippen LogP contribution >= 0.6 is 0 Å². The van der Waals surface area contributed by atoms with Gasteiger partial charge in [-0.15, -0.1) is 0 Å². The number of benzene rings is 1. The van der Waals surface area contributed by atoms with E-state index < -0.39 is 0 Å². The normalized spacial score (nSPS) is 10.6. The Morgan fingerprint density at radius 1 is 1.11 bits per heavy atom. The topological polar surface area (TPSA) is 37.8 Å². The van der Waals surface area contributed by atoms with E-state index in [1.807, 2.05) is 39.8 Å². The standard InChI is InChI=1S/C15H18FN3/c1-5-17-15-18-11(4)8-13(19-15)14-10(3)6-9(2)7-12(14)16/h6-8H,5H2,1-4H3,(H,17,18,19). The minimum atomic E-state index is -0.238. The molecule has 1 aromatic heterocycles. The minimum Gasteiger partial charge on any atom is -0.354 e. The molecule has 3 nitrogen and oxygen atoms in total. The molecule has 0 aliphatic rings. The van der Waals surface area contributed by atoms with Gasteiger partial charge < -0.3 is 5.32 Å². The molecule has 0 fully saturated rings. The zero-order valence-corrected chi connectivity index (χ0v) is 11.7. The molecule has 100 valence electrons. The molecule has 0 saturated heterocycles. The first-order valence-corrected chi connectivity index (χ1v) is 6.38. The second kappa shape index (κ2) is 5.34. The number of nitrogens with one attached hydrogen (secondary N) is 1. The van der Waals surface area contributed by atoms with Gasteiger partial charge in [-0.25, -0.2) is 14.4 Å². The van der Waals surface area contributed by atoms with E-state index in [4.69, 9.17) is 0 Å². The van der Waals surface area contributed by atoms with Crippen molar-refractivity contribution < 1.29 is 4.39 Å². The Morgan fingerprint density at radius 3 is 2.47 bits per heavy atom. The van der Waals surface area contributed by atoms with Gasteiger partial charge in [-0.3, -0.25) is 0 Å². The number of hydrogen-bond acceptors (Lipinski definition) is 3. The molecule has 0 radical (unpaired) electrons. The van der Waals surface area contributed by atoms with Crippen molar-refractivity contribution in [2.24, 2.45) is 0 Å². The fourth-order valence-electron chi connectivity index (χ4n) is 2.17. The van der Waals surface area contributed by atoms with E-state index in [1.54, 1.807) is 0 Å². The average molecular weight is 259 g/mol. The van der Waals surface area contributed by atoms with Gasteiger partial charge in [-0.2, -0.15) is 0 Å². The molecule has 1 N–H and O–H groups in total. The van der Waals surface area contributed by atoms with E-state index in [0.717, 1.165) is 23.4 Å². The summed E-state index contributed by atoms with van der Waals surface area (Å²) in [4.78, 5) is 8.66. The number of halogens is 1. The van der Waals surface area contributed by atoms with Crippen LogP contribution in [-0.4, -0.2) is 16.5 Å².